The third-order valence-corrected chi connectivity index (χ3v) is 3.37. The van der Waals surface area contributed by atoms with Crippen LogP contribution in [0.3, 0.4) is 0 Å². The van der Waals surface area contributed by atoms with Crippen LogP contribution in [0.4, 0.5) is 0 Å². The number of nitrogens with one attached hydrogen (secondary N) is 1. The summed E-state index contributed by atoms with van der Waals surface area (Å²) in [6.07, 6.45) is 1.93. The molecule has 0 amide bonds. The molecule has 4 nitrogen and oxygen atoms in total. The van der Waals surface area contributed by atoms with Crippen LogP contribution in [0.1, 0.15) is 12.5 Å². The number of fused-ring (bicyclic) bond motifs is 1. The predicted octanol–water partition coefficient (Wildman–Crippen LogP) is 1.64. The van der Waals surface area contributed by atoms with Gasteiger partial charge >= 0.3 is 0 Å². The Morgan fingerprint density at radius 3 is 2.95 bits per heavy atom. The Morgan fingerprint density at radius 2 is 2.15 bits per heavy atom. The summed E-state index contributed by atoms with van der Waals surface area (Å²) >= 11 is 0. The number of hydrogen-bond donors (Lipinski definition) is 2. The summed E-state index contributed by atoms with van der Waals surface area (Å²) in [6.45, 7) is 4.80. The Labute approximate surface area is 120 Å². The van der Waals surface area contributed by atoms with E-state index in [4.69, 9.17) is 5.11 Å². The van der Waals surface area contributed by atoms with Crippen LogP contribution in [-0.4, -0.2) is 47.8 Å². The topological polar surface area (TPSA) is 48.4 Å². The molecular formula is C16H23N3O. The summed E-state index contributed by atoms with van der Waals surface area (Å²) in [7, 11) is 2.02. The van der Waals surface area contributed by atoms with Crippen molar-refractivity contribution in [2.24, 2.45) is 0 Å². The Bertz CT molecular complexity index is 544. The molecule has 0 saturated heterocycles. The van der Waals surface area contributed by atoms with Gasteiger partial charge in [0, 0.05) is 37.3 Å². The first-order chi connectivity index (χ1) is 9.69. The first kappa shape index (κ1) is 14.9. The molecule has 108 valence electrons. The van der Waals surface area contributed by atoms with Crippen molar-refractivity contribution in [3.63, 3.8) is 0 Å². The second kappa shape index (κ2) is 7.33. The summed E-state index contributed by atoms with van der Waals surface area (Å²) in [6, 6.07) is 10.7. The van der Waals surface area contributed by atoms with E-state index in [0.29, 0.717) is 12.6 Å². The van der Waals surface area contributed by atoms with Gasteiger partial charge in [0.15, 0.2) is 0 Å². The van der Waals surface area contributed by atoms with Crippen molar-refractivity contribution in [1.82, 2.24) is 15.2 Å². The van der Waals surface area contributed by atoms with Crippen molar-refractivity contribution in [3.05, 3.63) is 42.1 Å². The SMILES string of the molecule is C[C@@H](CN(C)CCO)NCc1cnc2ccccc2c1. The number of aliphatic hydroxyl groups excluding tert-OH is 1. The monoisotopic (exact) mass is 273 g/mol. The van der Waals surface area contributed by atoms with Crippen LogP contribution in [-0.2, 0) is 6.54 Å². The number of para-hydroxylation sites is 1. The Kier molecular flexibility index (Phi) is 5.47. The Morgan fingerprint density at radius 1 is 1.35 bits per heavy atom. The van der Waals surface area contributed by atoms with E-state index in [1.165, 1.54) is 10.9 Å². The molecule has 0 fully saturated rings. The third-order valence-electron chi connectivity index (χ3n) is 3.37. The minimum Gasteiger partial charge on any atom is -0.395 e. The van der Waals surface area contributed by atoms with Crippen molar-refractivity contribution < 1.29 is 5.11 Å². The van der Waals surface area contributed by atoms with Crippen molar-refractivity contribution in [3.8, 4) is 0 Å². The van der Waals surface area contributed by atoms with Crippen LogP contribution in [0.5, 0.6) is 0 Å². The normalized spacial score (nSPS) is 13.0. The molecule has 2 rings (SSSR count). The molecule has 0 bridgehead atoms. The minimum absolute atomic E-state index is 0.206. The van der Waals surface area contributed by atoms with Crippen LogP contribution in [0.2, 0.25) is 0 Å². The molecule has 0 spiro atoms. The van der Waals surface area contributed by atoms with E-state index in [1.54, 1.807) is 0 Å². The molecule has 0 unspecified atom stereocenters. The molecule has 0 radical (unpaired) electrons. The fraction of sp³-hybridized carbons (Fsp3) is 0.438. The van der Waals surface area contributed by atoms with Gasteiger partial charge in [-0.1, -0.05) is 18.2 Å². The van der Waals surface area contributed by atoms with Crippen LogP contribution in [0.25, 0.3) is 10.9 Å². The highest BCUT2D eigenvalue weighted by Gasteiger charge is 2.06. The lowest BCUT2D eigenvalue weighted by Crippen LogP contribution is -2.38. The van der Waals surface area contributed by atoms with Crippen LogP contribution in [0.15, 0.2) is 36.5 Å². The van der Waals surface area contributed by atoms with Crippen molar-refractivity contribution in [1.29, 1.82) is 0 Å². The van der Waals surface area contributed by atoms with Crippen molar-refractivity contribution in [2.75, 3.05) is 26.7 Å². The summed E-state index contributed by atoms with van der Waals surface area (Å²) in [4.78, 5) is 6.59. The predicted molar refractivity (Wildman–Crippen MR) is 82.6 cm³/mol. The number of likely N-dealkylation sites (N-methyl/N-ethyl adjacent to an activating group) is 1. The second-order valence-corrected chi connectivity index (χ2v) is 5.30. The molecule has 20 heavy (non-hydrogen) atoms. The summed E-state index contributed by atoms with van der Waals surface area (Å²) in [5, 5.41) is 13.6. The largest absolute Gasteiger partial charge is 0.395 e. The van der Waals surface area contributed by atoms with Gasteiger partial charge in [-0.25, -0.2) is 0 Å². The second-order valence-electron chi connectivity index (χ2n) is 5.30. The number of hydrogen-bond acceptors (Lipinski definition) is 4. The number of aromatic nitrogens is 1. The average molecular weight is 273 g/mol. The molecule has 1 aromatic carbocycles. The van der Waals surface area contributed by atoms with Gasteiger partial charge < -0.3 is 15.3 Å². The van der Waals surface area contributed by atoms with Gasteiger partial charge in [0.25, 0.3) is 0 Å². The minimum atomic E-state index is 0.206. The zero-order chi connectivity index (χ0) is 14.4. The van der Waals surface area contributed by atoms with E-state index in [2.05, 4.69) is 34.3 Å². The Hall–Kier alpha value is -1.49. The van der Waals surface area contributed by atoms with Gasteiger partial charge in [0.1, 0.15) is 0 Å². The zero-order valence-electron chi connectivity index (χ0n) is 12.2. The van der Waals surface area contributed by atoms with Crippen molar-refractivity contribution in [2.45, 2.75) is 19.5 Å². The number of benzene rings is 1. The van der Waals surface area contributed by atoms with Crippen molar-refractivity contribution >= 4 is 10.9 Å². The third kappa shape index (κ3) is 4.27. The highest BCUT2D eigenvalue weighted by Crippen LogP contribution is 2.12. The first-order valence-electron chi connectivity index (χ1n) is 7.05. The quantitative estimate of drug-likeness (QED) is 0.805. The maximum Gasteiger partial charge on any atom is 0.0702 e. The molecule has 4 heteroatoms. The molecule has 0 aliphatic heterocycles. The standard InChI is InChI=1S/C16H23N3O/c1-13(12-19(2)7-8-20)17-10-14-9-15-5-3-4-6-16(15)18-11-14/h3-6,9,11,13,17,20H,7-8,10,12H2,1-2H3/t13-/m0/s1. The number of aliphatic hydroxyl groups is 1. The lowest BCUT2D eigenvalue weighted by atomic mass is 10.1. The molecule has 2 aromatic rings. The molecule has 2 N–H and O–H groups in total. The molecule has 0 saturated carbocycles. The van der Waals surface area contributed by atoms with E-state index in [9.17, 15) is 0 Å². The maximum atomic E-state index is 8.89. The highest BCUT2D eigenvalue weighted by molar-refractivity contribution is 5.78. The van der Waals surface area contributed by atoms with E-state index < -0.39 is 0 Å². The highest BCUT2D eigenvalue weighted by atomic mass is 16.3. The van der Waals surface area contributed by atoms with E-state index in [1.807, 2.05) is 31.4 Å². The molecular weight excluding hydrogens is 250 g/mol. The molecule has 1 atom stereocenters. The number of rotatable bonds is 7. The average Bonchev–Trinajstić information content (AvgIpc) is 2.45. The van der Waals surface area contributed by atoms with Gasteiger partial charge in [-0.3, -0.25) is 4.98 Å². The smallest absolute Gasteiger partial charge is 0.0702 e. The fourth-order valence-corrected chi connectivity index (χ4v) is 2.30. The molecule has 1 heterocycles. The van der Waals surface area contributed by atoms with Gasteiger partial charge in [-0.05, 0) is 31.7 Å². The lowest BCUT2D eigenvalue weighted by Gasteiger charge is -2.21. The summed E-state index contributed by atoms with van der Waals surface area (Å²) < 4.78 is 0. The van der Waals surface area contributed by atoms with Gasteiger partial charge in [0.2, 0.25) is 0 Å². The first-order valence-corrected chi connectivity index (χ1v) is 7.05. The van der Waals surface area contributed by atoms with Gasteiger partial charge in [-0.2, -0.15) is 0 Å². The van der Waals surface area contributed by atoms with Crippen LogP contribution < -0.4 is 5.32 Å². The summed E-state index contributed by atoms with van der Waals surface area (Å²) in [5.41, 5.74) is 2.23. The zero-order valence-corrected chi connectivity index (χ0v) is 12.2. The Balaban J connectivity index is 1.88. The van der Waals surface area contributed by atoms with E-state index in [0.717, 1.165) is 18.6 Å². The molecule has 0 aliphatic rings. The van der Waals surface area contributed by atoms with Gasteiger partial charge in [-0.15, -0.1) is 0 Å². The van der Waals surface area contributed by atoms with E-state index in [-0.39, 0.29) is 6.61 Å². The maximum absolute atomic E-state index is 8.89. The van der Waals surface area contributed by atoms with Crippen LogP contribution in [0, 0.1) is 0 Å². The molecule has 1 aromatic heterocycles. The number of nitrogens with zero attached hydrogens (tertiary/aromatic N) is 2. The fourth-order valence-electron chi connectivity index (χ4n) is 2.30. The van der Waals surface area contributed by atoms with Crippen LogP contribution >= 0.6 is 0 Å². The molecule has 0 aliphatic carbocycles. The summed E-state index contributed by atoms with van der Waals surface area (Å²) in [5.74, 6) is 0. The van der Waals surface area contributed by atoms with Gasteiger partial charge in [0.05, 0.1) is 12.1 Å². The van der Waals surface area contributed by atoms with E-state index >= 15 is 0 Å². The number of pyridine rings is 1. The lowest BCUT2D eigenvalue weighted by molar-refractivity contribution is 0.210.